The number of nitrogens with zero attached hydrogens (tertiary/aromatic N) is 2. The lowest BCUT2D eigenvalue weighted by atomic mass is 10.1. The quantitative estimate of drug-likeness (QED) is 0.669. The highest BCUT2D eigenvalue weighted by molar-refractivity contribution is 5.91. The van der Waals surface area contributed by atoms with Crippen molar-refractivity contribution in [1.82, 2.24) is 15.1 Å². The van der Waals surface area contributed by atoms with Gasteiger partial charge in [-0.25, -0.2) is 9.48 Å². The van der Waals surface area contributed by atoms with Gasteiger partial charge in [-0.3, -0.25) is 0 Å². The van der Waals surface area contributed by atoms with Crippen molar-refractivity contribution in [3.63, 3.8) is 0 Å². The molecule has 4 rings (SSSR count). The molecule has 138 valence electrons. The fourth-order valence-electron chi connectivity index (χ4n) is 3.68. The maximum Gasteiger partial charge on any atom is 0.319 e. The number of carbonyl (C=O) groups is 1. The summed E-state index contributed by atoms with van der Waals surface area (Å²) in [5.41, 5.74) is 5.23. The smallest absolute Gasteiger partial charge is 0.319 e. The Kier molecular flexibility index (Phi) is 4.41. The van der Waals surface area contributed by atoms with Crippen LogP contribution in [-0.2, 0) is 6.42 Å². The zero-order valence-electron chi connectivity index (χ0n) is 15.3. The van der Waals surface area contributed by atoms with Crippen LogP contribution in [0, 0.1) is 13.8 Å². The number of benzene rings is 2. The molecule has 0 saturated carbocycles. The van der Waals surface area contributed by atoms with Crippen molar-refractivity contribution >= 4 is 11.7 Å². The fourth-order valence-corrected chi connectivity index (χ4v) is 3.68. The first-order chi connectivity index (χ1) is 13.0. The Morgan fingerprint density at radius 3 is 2.59 bits per heavy atom. The molecule has 3 N–H and O–H groups in total. The summed E-state index contributed by atoms with van der Waals surface area (Å²) in [6.07, 6.45) is -0.0760. The van der Waals surface area contributed by atoms with Crippen LogP contribution < -0.4 is 10.6 Å². The van der Waals surface area contributed by atoms with Gasteiger partial charge in [-0.2, -0.15) is 5.10 Å². The van der Waals surface area contributed by atoms with Crippen molar-refractivity contribution in [3.05, 3.63) is 77.1 Å². The first-order valence-corrected chi connectivity index (χ1v) is 8.99. The number of hydrogen-bond acceptors (Lipinski definition) is 3. The molecule has 1 aliphatic carbocycles. The van der Waals surface area contributed by atoms with Crippen molar-refractivity contribution in [2.45, 2.75) is 32.4 Å². The summed E-state index contributed by atoms with van der Waals surface area (Å²) in [6, 6.07) is 16.8. The van der Waals surface area contributed by atoms with E-state index < -0.39 is 12.1 Å². The Bertz CT molecular complexity index is 981. The Hall–Kier alpha value is -3.12. The highest BCUT2D eigenvalue weighted by Gasteiger charge is 2.32. The minimum absolute atomic E-state index is 0.352. The van der Waals surface area contributed by atoms with Gasteiger partial charge in [0, 0.05) is 6.42 Å². The molecule has 0 saturated heterocycles. The minimum atomic E-state index is -0.623. The zero-order chi connectivity index (χ0) is 19.0. The summed E-state index contributed by atoms with van der Waals surface area (Å²) >= 11 is 0. The lowest BCUT2D eigenvalue weighted by Crippen LogP contribution is -2.37. The van der Waals surface area contributed by atoms with E-state index in [1.54, 1.807) is 0 Å². The number of hydrogen-bond donors (Lipinski definition) is 3. The lowest BCUT2D eigenvalue weighted by Gasteiger charge is -2.18. The van der Waals surface area contributed by atoms with E-state index in [4.69, 9.17) is 0 Å². The van der Waals surface area contributed by atoms with Crippen molar-refractivity contribution < 1.29 is 9.90 Å². The molecule has 1 aliphatic rings. The van der Waals surface area contributed by atoms with E-state index in [0.29, 0.717) is 12.1 Å². The monoisotopic (exact) mass is 362 g/mol. The molecule has 0 bridgehead atoms. The molecule has 2 atom stereocenters. The van der Waals surface area contributed by atoms with E-state index >= 15 is 0 Å². The number of aliphatic hydroxyl groups is 1. The molecular formula is C21H22N4O2. The van der Waals surface area contributed by atoms with Crippen molar-refractivity contribution in [1.29, 1.82) is 0 Å². The second kappa shape index (κ2) is 6.89. The molecule has 1 aromatic heterocycles. The highest BCUT2D eigenvalue weighted by atomic mass is 16.3. The van der Waals surface area contributed by atoms with Gasteiger partial charge in [0.25, 0.3) is 0 Å². The third-order valence-electron chi connectivity index (χ3n) is 5.02. The molecule has 0 fully saturated rings. The first-order valence-electron chi connectivity index (χ1n) is 8.99. The maximum absolute atomic E-state index is 12.6. The molecule has 2 aromatic carbocycles. The molecule has 6 nitrogen and oxygen atoms in total. The number of urea groups is 1. The van der Waals surface area contributed by atoms with Gasteiger partial charge < -0.3 is 15.7 Å². The summed E-state index contributed by atoms with van der Waals surface area (Å²) in [4.78, 5) is 12.6. The van der Waals surface area contributed by atoms with Gasteiger partial charge in [0.2, 0.25) is 0 Å². The van der Waals surface area contributed by atoms with Gasteiger partial charge in [0.15, 0.2) is 0 Å². The van der Waals surface area contributed by atoms with Crippen LogP contribution in [0.15, 0.2) is 54.6 Å². The minimum Gasteiger partial charge on any atom is -0.390 e. The summed E-state index contributed by atoms with van der Waals surface area (Å²) < 4.78 is 1.81. The molecule has 6 heteroatoms. The predicted octanol–water partition coefficient (Wildman–Crippen LogP) is 3.27. The standard InChI is InChI=1S/C21H22N4O2/c1-13-19(14(2)25(24-13)16-9-4-3-5-10-16)22-21(27)23-20-17-11-7-6-8-15(17)12-18(20)26/h3-11,18,20,26H,12H2,1-2H3,(H2,22,23,27)/t18-,20+/m1/s1. The number of carbonyl (C=O) groups excluding carboxylic acids is 1. The molecule has 3 aromatic rings. The second-order valence-corrected chi connectivity index (χ2v) is 6.84. The molecular weight excluding hydrogens is 340 g/mol. The number of aromatic nitrogens is 2. The van der Waals surface area contributed by atoms with Crippen LogP contribution in [0.25, 0.3) is 5.69 Å². The van der Waals surface area contributed by atoms with Crippen LogP contribution in [0.4, 0.5) is 10.5 Å². The molecule has 0 spiro atoms. The number of rotatable bonds is 3. The molecule has 1 heterocycles. The molecule has 2 amide bonds. The van der Waals surface area contributed by atoms with Gasteiger partial charge >= 0.3 is 6.03 Å². The van der Waals surface area contributed by atoms with E-state index in [-0.39, 0.29) is 6.03 Å². The third-order valence-corrected chi connectivity index (χ3v) is 5.02. The summed E-state index contributed by atoms with van der Waals surface area (Å²) in [5, 5.41) is 20.7. The van der Waals surface area contributed by atoms with E-state index in [1.807, 2.05) is 73.1 Å². The van der Waals surface area contributed by atoms with E-state index in [0.717, 1.165) is 28.2 Å². The highest BCUT2D eigenvalue weighted by Crippen LogP contribution is 2.31. The SMILES string of the molecule is Cc1nn(-c2ccccc2)c(C)c1NC(=O)N[C@H]1c2ccccc2C[C@H]1O. The van der Waals surface area contributed by atoms with Gasteiger partial charge in [0.1, 0.15) is 0 Å². The molecule has 0 unspecified atom stereocenters. The predicted molar refractivity (Wildman–Crippen MR) is 104 cm³/mol. The summed E-state index contributed by atoms with van der Waals surface area (Å²) in [7, 11) is 0. The topological polar surface area (TPSA) is 79.2 Å². The summed E-state index contributed by atoms with van der Waals surface area (Å²) in [6.45, 7) is 3.78. The summed E-state index contributed by atoms with van der Waals surface area (Å²) in [5.74, 6) is 0. The van der Waals surface area contributed by atoms with Gasteiger partial charge in [-0.1, -0.05) is 42.5 Å². The molecule has 0 aliphatic heterocycles. The molecule has 27 heavy (non-hydrogen) atoms. The zero-order valence-corrected chi connectivity index (χ0v) is 15.3. The normalized spacial score (nSPS) is 18.2. The average Bonchev–Trinajstić information content (AvgIpc) is 3.13. The number of anilines is 1. The van der Waals surface area contributed by atoms with Crippen molar-refractivity contribution in [2.24, 2.45) is 0 Å². The first kappa shape index (κ1) is 17.3. The number of nitrogens with one attached hydrogen (secondary N) is 2. The maximum atomic E-state index is 12.6. The van der Waals surface area contributed by atoms with E-state index in [2.05, 4.69) is 15.7 Å². The van der Waals surface area contributed by atoms with Gasteiger partial charge in [-0.15, -0.1) is 0 Å². The Morgan fingerprint density at radius 2 is 1.81 bits per heavy atom. The van der Waals surface area contributed by atoms with Crippen LogP contribution in [0.3, 0.4) is 0 Å². The second-order valence-electron chi connectivity index (χ2n) is 6.84. The van der Waals surface area contributed by atoms with Gasteiger partial charge in [0.05, 0.1) is 34.9 Å². The van der Waals surface area contributed by atoms with Crippen LogP contribution >= 0.6 is 0 Å². The molecule has 0 radical (unpaired) electrons. The number of fused-ring (bicyclic) bond motifs is 1. The number of amides is 2. The fraction of sp³-hybridized carbons (Fsp3) is 0.238. The van der Waals surface area contributed by atoms with Crippen molar-refractivity contribution in [3.8, 4) is 5.69 Å². The number of para-hydroxylation sites is 1. The Balaban J connectivity index is 1.53. The Labute approximate surface area is 157 Å². The number of aliphatic hydroxyl groups excluding tert-OH is 1. The van der Waals surface area contributed by atoms with E-state index in [1.165, 1.54) is 0 Å². The van der Waals surface area contributed by atoms with E-state index in [9.17, 15) is 9.90 Å². The number of aryl methyl sites for hydroxylation is 1. The lowest BCUT2D eigenvalue weighted by molar-refractivity contribution is 0.144. The van der Waals surface area contributed by atoms with Crippen LogP contribution in [-0.4, -0.2) is 27.0 Å². The average molecular weight is 362 g/mol. The van der Waals surface area contributed by atoms with Crippen LogP contribution in [0.5, 0.6) is 0 Å². The van der Waals surface area contributed by atoms with Crippen LogP contribution in [0.1, 0.15) is 28.6 Å². The van der Waals surface area contributed by atoms with Gasteiger partial charge in [-0.05, 0) is 37.1 Å². The largest absolute Gasteiger partial charge is 0.390 e. The third kappa shape index (κ3) is 3.19. The Morgan fingerprint density at radius 1 is 1.11 bits per heavy atom. The van der Waals surface area contributed by atoms with Crippen molar-refractivity contribution in [2.75, 3.05) is 5.32 Å². The van der Waals surface area contributed by atoms with Crippen LogP contribution in [0.2, 0.25) is 0 Å².